The lowest BCUT2D eigenvalue weighted by molar-refractivity contribution is 0.624. The first-order chi connectivity index (χ1) is 6.13. The van der Waals surface area contributed by atoms with Crippen LogP contribution >= 0.6 is 11.8 Å². The van der Waals surface area contributed by atoms with Gasteiger partial charge in [0.15, 0.2) is 0 Å². The molecule has 0 heterocycles. The first-order valence-electron chi connectivity index (χ1n) is 3.97. The van der Waals surface area contributed by atoms with Crippen LogP contribution < -0.4 is 5.73 Å². The van der Waals surface area contributed by atoms with Gasteiger partial charge in [0.25, 0.3) is 0 Å². The van der Waals surface area contributed by atoms with Crippen LogP contribution in [0.1, 0.15) is 6.92 Å². The molecule has 13 heavy (non-hydrogen) atoms. The number of hydrogen-bond donors (Lipinski definition) is 1. The van der Waals surface area contributed by atoms with Crippen LogP contribution in [0.4, 0.5) is 10.1 Å². The lowest BCUT2D eigenvalue weighted by Crippen LogP contribution is -1.94. The number of nitrogen functional groups attached to an aromatic ring is 1. The number of rotatable bonds is 3. The van der Waals surface area contributed by atoms with Crippen LogP contribution in [0, 0.1) is 5.82 Å². The molecule has 0 radical (unpaired) electrons. The average Bonchev–Trinajstić information content (AvgIpc) is 2.11. The van der Waals surface area contributed by atoms with Gasteiger partial charge in [-0.05, 0) is 25.1 Å². The Bertz CT molecular complexity index is 312. The third-order valence-corrected chi connectivity index (χ3v) is 2.79. The molecule has 2 N–H and O–H groups in total. The van der Waals surface area contributed by atoms with Crippen molar-refractivity contribution in [1.29, 1.82) is 0 Å². The van der Waals surface area contributed by atoms with E-state index in [4.69, 9.17) is 5.73 Å². The van der Waals surface area contributed by atoms with Gasteiger partial charge in [-0.25, -0.2) is 4.39 Å². The van der Waals surface area contributed by atoms with Crippen LogP contribution in [0.5, 0.6) is 0 Å². The van der Waals surface area contributed by atoms with E-state index in [1.165, 1.54) is 23.9 Å². The van der Waals surface area contributed by atoms with E-state index in [1.54, 1.807) is 12.1 Å². The smallest absolute Gasteiger partial charge is 0.124 e. The number of thioether (sulfide) groups is 1. The zero-order chi connectivity index (χ0) is 9.84. The summed E-state index contributed by atoms with van der Waals surface area (Å²) in [6.07, 6.45) is 1.80. The average molecular weight is 197 g/mol. The molecule has 0 aliphatic heterocycles. The van der Waals surface area contributed by atoms with Crippen LogP contribution in [0.2, 0.25) is 0 Å². The van der Waals surface area contributed by atoms with E-state index in [0.29, 0.717) is 5.69 Å². The molecule has 3 heteroatoms. The normalized spacial score (nSPS) is 12.5. The molecule has 0 aliphatic rings. The Morgan fingerprint density at radius 2 is 2.31 bits per heavy atom. The summed E-state index contributed by atoms with van der Waals surface area (Å²) in [5.41, 5.74) is 6.28. The molecule has 0 amide bonds. The van der Waals surface area contributed by atoms with E-state index in [2.05, 4.69) is 6.58 Å². The maximum absolute atomic E-state index is 12.8. The van der Waals surface area contributed by atoms with Gasteiger partial charge in [0.2, 0.25) is 0 Å². The second kappa shape index (κ2) is 4.33. The second-order valence-corrected chi connectivity index (χ2v) is 4.16. The van der Waals surface area contributed by atoms with Crippen molar-refractivity contribution in [3.8, 4) is 0 Å². The minimum Gasteiger partial charge on any atom is -0.398 e. The van der Waals surface area contributed by atoms with Gasteiger partial charge < -0.3 is 5.73 Å². The second-order valence-electron chi connectivity index (χ2n) is 2.74. The minimum absolute atomic E-state index is 0.240. The summed E-state index contributed by atoms with van der Waals surface area (Å²) in [6.45, 7) is 5.64. The highest BCUT2D eigenvalue weighted by molar-refractivity contribution is 8.00. The topological polar surface area (TPSA) is 26.0 Å². The summed E-state index contributed by atoms with van der Waals surface area (Å²) in [7, 11) is 0. The molecule has 0 aliphatic carbocycles. The summed E-state index contributed by atoms with van der Waals surface area (Å²) < 4.78 is 12.8. The van der Waals surface area contributed by atoms with E-state index in [0.717, 1.165) is 4.90 Å². The lowest BCUT2D eigenvalue weighted by atomic mass is 10.3. The standard InChI is InChI=1S/C10H12FNS/c1-3-7(2)13-10-6-8(11)4-5-9(10)12/h3-7H,1,12H2,2H3. The number of nitrogens with two attached hydrogens (primary N) is 1. The Hall–Kier alpha value is -0.960. The van der Waals surface area contributed by atoms with Crippen LogP contribution in [0.15, 0.2) is 35.7 Å². The molecule has 1 aromatic rings. The van der Waals surface area contributed by atoms with Crippen LogP contribution in [-0.2, 0) is 0 Å². The van der Waals surface area contributed by atoms with Crippen LogP contribution in [0.3, 0.4) is 0 Å². The van der Waals surface area contributed by atoms with Gasteiger partial charge in [-0.15, -0.1) is 18.3 Å². The fraction of sp³-hybridized carbons (Fsp3) is 0.200. The quantitative estimate of drug-likeness (QED) is 0.458. The molecule has 1 nitrogen and oxygen atoms in total. The van der Waals surface area contributed by atoms with Gasteiger partial charge in [0.05, 0.1) is 0 Å². The molecular formula is C10H12FNS. The van der Waals surface area contributed by atoms with Crippen LogP contribution in [-0.4, -0.2) is 5.25 Å². The predicted octanol–water partition coefficient (Wildman–Crippen LogP) is 3.07. The zero-order valence-electron chi connectivity index (χ0n) is 7.46. The molecule has 70 valence electrons. The maximum atomic E-state index is 12.8. The van der Waals surface area contributed by atoms with Crippen molar-refractivity contribution in [3.63, 3.8) is 0 Å². The van der Waals surface area contributed by atoms with Gasteiger partial charge in [-0.2, -0.15) is 0 Å². The van der Waals surface area contributed by atoms with Crippen molar-refractivity contribution in [2.24, 2.45) is 0 Å². The predicted molar refractivity (Wildman–Crippen MR) is 56.3 cm³/mol. The molecule has 0 spiro atoms. The SMILES string of the molecule is C=CC(C)Sc1cc(F)ccc1N. The summed E-state index contributed by atoms with van der Waals surface area (Å²) in [5, 5.41) is 0.240. The molecular weight excluding hydrogens is 185 g/mol. The van der Waals surface area contributed by atoms with Gasteiger partial charge >= 0.3 is 0 Å². The Morgan fingerprint density at radius 3 is 2.92 bits per heavy atom. The van der Waals surface area contributed by atoms with Gasteiger partial charge in [0.1, 0.15) is 5.82 Å². The van der Waals surface area contributed by atoms with Crippen LogP contribution in [0.25, 0.3) is 0 Å². The largest absolute Gasteiger partial charge is 0.398 e. The molecule has 0 fully saturated rings. The number of anilines is 1. The number of halogens is 1. The van der Waals surface area contributed by atoms with Crippen molar-refractivity contribution >= 4 is 17.4 Å². The molecule has 0 aromatic heterocycles. The fourth-order valence-electron chi connectivity index (χ4n) is 0.859. The van der Waals surface area contributed by atoms with Crippen molar-refractivity contribution in [2.45, 2.75) is 17.1 Å². The molecule has 0 saturated heterocycles. The Balaban J connectivity index is 2.86. The molecule has 1 unspecified atom stereocenters. The lowest BCUT2D eigenvalue weighted by Gasteiger charge is -2.08. The monoisotopic (exact) mass is 197 g/mol. The highest BCUT2D eigenvalue weighted by atomic mass is 32.2. The Kier molecular flexibility index (Phi) is 3.37. The van der Waals surface area contributed by atoms with Crippen molar-refractivity contribution in [2.75, 3.05) is 5.73 Å². The van der Waals surface area contributed by atoms with E-state index >= 15 is 0 Å². The fourth-order valence-corrected chi connectivity index (χ4v) is 1.74. The summed E-state index contributed by atoms with van der Waals surface area (Å²) >= 11 is 1.50. The van der Waals surface area contributed by atoms with Crippen molar-refractivity contribution in [1.82, 2.24) is 0 Å². The maximum Gasteiger partial charge on any atom is 0.124 e. The highest BCUT2D eigenvalue weighted by Crippen LogP contribution is 2.29. The third-order valence-electron chi connectivity index (χ3n) is 1.62. The molecule has 1 atom stereocenters. The number of benzene rings is 1. The van der Waals surface area contributed by atoms with E-state index in [-0.39, 0.29) is 11.1 Å². The molecule has 1 rings (SSSR count). The third kappa shape index (κ3) is 2.77. The number of hydrogen-bond acceptors (Lipinski definition) is 2. The highest BCUT2D eigenvalue weighted by Gasteiger charge is 2.04. The summed E-state index contributed by atoms with van der Waals surface area (Å²) in [6, 6.07) is 4.38. The zero-order valence-corrected chi connectivity index (χ0v) is 8.27. The Morgan fingerprint density at radius 1 is 1.62 bits per heavy atom. The van der Waals surface area contributed by atoms with Crippen molar-refractivity contribution in [3.05, 3.63) is 36.7 Å². The van der Waals surface area contributed by atoms with E-state index in [1.807, 2.05) is 6.92 Å². The van der Waals surface area contributed by atoms with Gasteiger partial charge in [-0.3, -0.25) is 0 Å². The summed E-state index contributed by atoms with van der Waals surface area (Å²) in [5.74, 6) is -0.257. The molecule has 1 aromatic carbocycles. The van der Waals surface area contributed by atoms with Gasteiger partial charge in [-0.1, -0.05) is 6.08 Å². The summed E-state index contributed by atoms with van der Waals surface area (Å²) in [4.78, 5) is 0.771. The van der Waals surface area contributed by atoms with Gasteiger partial charge in [0, 0.05) is 15.8 Å². The van der Waals surface area contributed by atoms with E-state index < -0.39 is 0 Å². The molecule has 0 saturated carbocycles. The first-order valence-corrected chi connectivity index (χ1v) is 4.85. The van der Waals surface area contributed by atoms with E-state index in [9.17, 15) is 4.39 Å². The Labute approximate surface area is 81.8 Å². The van der Waals surface area contributed by atoms with Crippen molar-refractivity contribution < 1.29 is 4.39 Å². The molecule has 0 bridgehead atoms. The minimum atomic E-state index is -0.257. The first kappa shape index (κ1) is 10.1.